The minimum atomic E-state index is -0.0347. The lowest BCUT2D eigenvalue weighted by Crippen LogP contribution is -2.37. The molecule has 0 bridgehead atoms. The van der Waals surface area contributed by atoms with Crippen LogP contribution in [0, 0.1) is 5.41 Å². The van der Waals surface area contributed by atoms with Gasteiger partial charge in [0.2, 0.25) is 5.91 Å². The Hall–Kier alpha value is -1.35. The zero-order chi connectivity index (χ0) is 14.8. The molecule has 1 aromatic rings. The molecule has 1 saturated heterocycles. The van der Waals surface area contributed by atoms with Crippen LogP contribution < -0.4 is 5.32 Å². The lowest BCUT2D eigenvalue weighted by molar-refractivity contribution is -0.131. The van der Waals surface area contributed by atoms with Gasteiger partial charge in [0.05, 0.1) is 6.04 Å². The topological polar surface area (TPSA) is 32.3 Å². The van der Waals surface area contributed by atoms with E-state index >= 15 is 0 Å². The Morgan fingerprint density at radius 1 is 1.20 bits per heavy atom. The highest BCUT2D eigenvalue weighted by atomic mass is 16.2. The molecule has 1 N–H and O–H groups in total. The van der Waals surface area contributed by atoms with Crippen molar-refractivity contribution in [3.05, 3.63) is 35.9 Å². The summed E-state index contributed by atoms with van der Waals surface area (Å²) in [6.07, 6.45) is 1.94. The van der Waals surface area contributed by atoms with Crippen LogP contribution in [-0.4, -0.2) is 23.4 Å². The molecule has 0 radical (unpaired) electrons. The van der Waals surface area contributed by atoms with Crippen molar-refractivity contribution in [1.29, 1.82) is 0 Å². The lowest BCUT2D eigenvalue weighted by Gasteiger charge is -2.31. The first kappa shape index (κ1) is 15.0. The number of carbonyl (C=O) groups excluding carboxylic acids is 1. The summed E-state index contributed by atoms with van der Waals surface area (Å²) < 4.78 is 0. The third kappa shape index (κ3) is 3.40. The van der Waals surface area contributed by atoms with Crippen LogP contribution in [0.25, 0.3) is 0 Å². The Bertz CT molecular complexity index is 450. The van der Waals surface area contributed by atoms with Gasteiger partial charge in [-0.15, -0.1) is 0 Å². The molecular weight excluding hydrogens is 248 g/mol. The molecule has 1 amide bonds. The standard InChI is InChI=1S/C17H26N2O/c1-5-9-14-16(20)19(12-17(2,3)4)15(18-14)13-10-7-6-8-11-13/h6-8,10-11,14-15,18H,5,9,12H2,1-4H3. The maximum atomic E-state index is 12.6. The fraction of sp³-hybridized carbons (Fsp3) is 0.588. The van der Waals surface area contributed by atoms with Gasteiger partial charge in [-0.3, -0.25) is 10.1 Å². The second kappa shape index (κ2) is 5.96. The average Bonchev–Trinajstić information content (AvgIpc) is 2.68. The first-order chi connectivity index (χ1) is 9.42. The van der Waals surface area contributed by atoms with Crippen LogP contribution >= 0.6 is 0 Å². The summed E-state index contributed by atoms with van der Waals surface area (Å²) in [5.74, 6) is 0.246. The molecule has 2 rings (SSSR count). The molecule has 3 nitrogen and oxygen atoms in total. The SMILES string of the molecule is CCCC1NC(c2ccccc2)N(CC(C)(C)C)C1=O. The van der Waals surface area contributed by atoms with Crippen LogP contribution in [0.15, 0.2) is 30.3 Å². The smallest absolute Gasteiger partial charge is 0.241 e. The molecule has 1 aliphatic rings. The maximum Gasteiger partial charge on any atom is 0.241 e. The van der Waals surface area contributed by atoms with Crippen molar-refractivity contribution in [3.63, 3.8) is 0 Å². The fourth-order valence-corrected chi connectivity index (χ4v) is 2.77. The van der Waals surface area contributed by atoms with E-state index < -0.39 is 0 Å². The zero-order valence-corrected chi connectivity index (χ0v) is 13.0. The number of hydrogen-bond acceptors (Lipinski definition) is 2. The average molecular weight is 274 g/mol. The quantitative estimate of drug-likeness (QED) is 0.913. The van der Waals surface area contributed by atoms with E-state index in [-0.39, 0.29) is 23.5 Å². The van der Waals surface area contributed by atoms with E-state index in [0.717, 1.165) is 19.4 Å². The molecule has 0 aromatic heterocycles. The van der Waals surface area contributed by atoms with Gasteiger partial charge in [-0.1, -0.05) is 64.4 Å². The summed E-state index contributed by atoms with van der Waals surface area (Å²) in [6.45, 7) is 9.43. The van der Waals surface area contributed by atoms with Crippen LogP contribution in [0.5, 0.6) is 0 Å². The number of rotatable bonds is 4. The minimum absolute atomic E-state index is 0.0134. The van der Waals surface area contributed by atoms with E-state index in [0.29, 0.717) is 0 Å². The van der Waals surface area contributed by atoms with Crippen LogP contribution in [0.1, 0.15) is 52.3 Å². The van der Waals surface area contributed by atoms with Gasteiger partial charge >= 0.3 is 0 Å². The van der Waals surface area contributed by atoms with Crippen molar-refractivity contribution in [1.82, 2.24) is 10.2 Å². The molecule has 3 heteroatoms. The number of nitrogens with one attached hydrogen (secondary N) is 1. The molecule has 2 atom stereocenters. The predicted molar refractivity (Wildman–Crippen MR) is 82.2 cm³/mol. The van der Waals surface area contributed by atoms with E-state index in [2.05, 4.69) is 45.1 Å². The monoisotopic (exact) mass is 274 g/mol. The molecule has 1 aliphatic heterocycles. The van der Waals surface area contributed by atoms with Crippen LogP contribution in [0.3, 0.4) is 0 Å². The minimum Gasteiger partial charge on any atom is -0.321 e. The molecule has 1 aromatic carbocycles. The summed E-state index contributed by atoms with van der Waals surface area (Å²) in [6, 6.07) is 10.2. The van der Waals surface area contributed by atoms with Crippen molar-refractivity contribution in [2.75, 3.05) is 6.54 Å². The number of benzene rings is 1. The van der Waals surface area contributed by atoms with Crippen molar-refractivity contribution in [2.45, 2.75) is 52.7 Å². The van der Waals surface area contributed by atoms with E-state index in [9.17, 15) is 4.79 Å². The second-order valence-electron chi connectivity index (χ2n) is 6.85. The molecule has 2 unspecified atom stereocenters. The molecule has 0 spiro atoms. The van der Waals surface area contributed by atoms with E-state index in [1.54, 1.807) is 0 Å². The summed E-state index contributed by atoms with van der Waals surface area (Å²) in [5.41, 5.74) is 1.27. The van der Waals surface area contributed by atoms with Crippen LogP contribution in [-0.2, 0) is 4.79 Å². The summed E-state index contributed by atoms with van der Waals surface area (Å²) >= 11 is 0. The molecule has 0 aliphatic carbocycles. The zero-order valence-electron chi connectivity index (χ0n) is 13.0. The molecule has 1 fully saturated rings. The Labute approximate surface area is 122 Å². The lowest BCUT2D eigenvalue weighted by atomic mass is 9.95. The van der Waals surface area contributed by atoms with Gasteiger partial charge in [-0.05, 0) is 17.4 Å². The Kier molecular flexibility index (Phi) is 4.48. The van der Waals surface area contributed by atoms with E-state index in [1.165, 1.54) is 5.56 Å². The van der Waals surface area contributed by atoms with Gasteiger partial charge in [-0.25, -0.2) is 0 Å². The normalized spacial score (nSPS) is 23.4. The largest absolute Gasteiger partial charge is 0.321 e. The van der Waals surface area contributed by atoms with Crippen molar-refractivity contribution in [3.8, 4) is 0 Å². The van der Waals surface area contributed by atoms with E-state index in [4.69, 9.17) is 0 Å². The maximum absolute atomic E-state index is 12.6. The third-order valence-electron chi connectivity index (χ3n) is 3.59. The summed E-state index contributed by atoms with van der Waals surface area (Å²) in [4.78, 5) is 14.6. The van der Waals surface area contributed by atoms with Gasteiger partial charge in [0, 0.05) is 6.54 Å². The molecule has 1 heterocycles. The van der Waals surface area contributed by atoms with Crippen molar-refractivity contribution < 1.29 is 4.79 Å². The van der Waals surface area contributed by atoms with Gasteiger partial charge in [-0.2, -0.15) is 0 Å². The van der Waals surface area contributed by atoms with Crippen LogP contribution in [0.4, 0.5) is 0 Å². The van der Waals surface area contributed by atoms with Gasteiger partial charge in [0.25, 0.3) is 0 Å². The molecular formula is C17H26N2O. The van der Waals surface area contributed by atoms with Crippen molar-refractivity contribution in [2.24, 2.45) is 5.41 Å². The molecule has 20 heavy (non-hydrogen) atoms. The van der Waals surface area contributed by atoms with Gasteiger partial charge in [0.1, 0.15) is 6.17 Å². The van der Waals surface area contributed by atoms with E-state index in [1.807, 2.05) is 23.1 Å². The first-order valence-electron chi connectivity index (χ1n) is 7.54. The Morgan fingerprint density at radius 3 is 2.40 bits per heavy atom. The Morgan fingerprint density at radius 2 is 1.85 bits per heavy atom. The Balaban J connectivity index is 2.25. The number of hydrogen-bond donors (Lipinski definition) is 1. The fourth-order valence-electron chi connectivity index (χ4n) is 2.77. The number of nitrogens with zero attached hydrogens (tertiary/aromatic N) is 1. The predicted octanol–water partition coefficient (Wildman–Crippen LogP) is 3.33. The number of carbonyl (C=O) groups is 1. The van der Waals surface area contributed by atoms with Crippen LogP contribution in [0.2, 0.25) is 0 Å². The van der Waals surface area contributed by atoms with Crippen molar-refractivity contribution >= 4 is 5.91 Å². The highest BCUT2D eigenvalue weighted by molar-refractivity contribution is 5.84. The van der Waals surface area contributed by atoms with Gasteiger partial charge < -0.3 is 4.90 Å². The summed E-state index contributed by atoms with van der Waals surface area (Å²) in [5, 5.41) is 3.51. The first-order valence-corrected chi connectivity index (χ1v) is 7.54. The summed E-state index contributed by atoms with van der Waals surface area (Å²) in [7, 11) is 0. The van der Waals surface area contributed by atoms with Gasteiger partial charge in [0.15, 0.2) is 0 Å². The highest BCUT2D eigenvalue weighted by Crippen LogP contribution is 2.30. The molecule has 110 valence electrons. The second-order valence-corrected chi connectivity index (χ2v) is 6.85. The highest BCUT2D eigenvalue weighted by Gasteiger charge is 2.40. The third-order valence-corrected chi connectivity index (χ3v) is 3.59. The number of amides is 1. The molecule has 0 saturated carbocycles.